The predicted octanol–water partition coefficient (Wildman–Crippen LogP) is 4.32. The number of aromatic nitrogens is 2. The highest BCUT2D eigenvalue weighted by Crippen LogP contribution is 2.16. The molecule has 0 saturated heterocycles. The first-order chi connectivity index (χ1) is 16.9. The lowest BCUT2D eigenvalue weighted by molar-refractivity contribution is -0.123. The minimum atomic E-state index is -0.399. The van der Waals surface area contributed by atoms with Crippen LogP contribution < -0.4 is 15.5 Å². The molecule has 2 N–H and O–H groups in total. The number of imidazole rings is 1. The van der Waals surface area contributed by atoms with Gasteiger partial charge in [0, 0.05) is 6.20 Å². The van der Waals surface area contributed by atoms with Gasteiger partial charge < -0.3 is 10.1 Å². The van der Waals surface area contributed by atoms with Crippen LogP contribution in [0.15, 0.2) is 78.0 Å². The Hall–Kier alpha value is -4.17. The van der Waals surface area contributed by atoms with E-state index in [2.05, 4.69) is 20.8 Å². The molecule has 0 aliphatic heterocycles. The van der Waals surface area contributed by atoms with Crippen LogP contribution in [-0.2, 0) is 4.79 Å². The predicted molar refractivity (Wildman–Crippen MR) is 135 cm³/mol. The first-order valence-electron chi connectivity index (χ1n) is 11.0. The number of hydrogen-bond acceptors (Lipinski definition) is 5. The van der Waals surface area contributed by atoms with Crippen LogP contribution in [0, 0.1) is 6.92 Å². The monoisotopic (exact) mass is 489 g/mol. The average Bonchev–Trinajstić information content (AvgIpc) is 3.18. The molecule has 4 rings (SSSR count). The fourth-order valence-corrected chi connectivity index (χ4v) is 3.70. The van der Waals surface area contributed by atoms with Crippen molar-refractivity contribution in [3.05, 3.63) is 100 Å². The molecular weight excluding hydrogens is 466 g/mol. The minimum Gasteiger partial charge on any atom is -0.484 e. The van der Waals surface area contributed by atoms with Crippen molar-refractivity contribution in [1.29, 1.82) is 0 Å². The van der Waals surface area contributed by atoms with Gasteiger partial charge in [-0.05, 0) is 61.4 Å². The van der Waals surface area contributed by atoms with Gasteiger partial charge in [-0.2, -0.15) is 5.10 Å². The molecule has 0 aliphatic carbocycles. The van der Waals surface area contributed by atoms with E-state index in [1.807, 2.05) is 37.3 Å². The van der Waals surface area contributed by atoms with E-state index in [1.165, 1.54) is 6.21 Å². The molecule has 0 aliphatic rings. The van der Waals surface area contributed by atoms with Gasteiger partial charge in [-0.3, -0.25) is 14.0 Å². The number of rotatable bonds is 8. The van der Waals surface area contributed by atoms with Gasteiger partial charge in [0.25, 0.3) is 11.8 Å². The van der Waals surface area contributed by atoms with Gasteiger partial charge in [0.1, 0.15) is 17.1 Å². The number of pyridine rings is 1. The number of hydrogen-bond donors (Lipinski definition) is 2. The van der Waals surface area contributed by atoms with Crippen LogP contribution in [0.3, 0.4) is 0 Å². The minimum absolute atomic E-state index is 0.0939. The molecule has 2 aromatic carbocycles. The number of ether oxygens (including phenoxy) is 1. The Morgan fingerprint density at radius 2 is 1.86 bits per heavy atom. The molecule has 0 radical (unpaired) electrons. The van der Waals surface area contributed by atoms with Crippen molar-refractivity contribution >= 4 is 35.3 Å². The lowest BCUT2D eigenvalue weighted by Gasteiger charge is -2.14. The first-order valence-corrected chi connectivity index (χ1v) is 11.3. The Labute approximate surface area is 207 Å². The zero-order valence-corrected chi connectivity index (χ0v) is 20.0. The molecule has 9 heteroatoms. The van der Waals surface area contributed by atoms with E-state index in [0.29, 0.717) is 27.8 Å². The summed E-state index contributed by atoms with van der Waals surface area (Å²) in [6.45, 7) is 3.58. The van der Waals surface area contributed by atoms with Crippen LogP contribution in [0.4, 0.5) is 0 Å². The standard InChI is InChI=1S/C26H24ClN5O3/c1-17(20-6-4-3-5-7-20)30-24(33)16-35-22-11-8-19(9-12-22)14-28-31-26(34)25-18(2)29-23-13-10-21(27)15-32(23)25/h3-15,17H,16H2,1-2H3,(H,30,33)(H,31,34)/b28-14-/t17-/m1/s1. The third-order valence-electron chi connectivity index (χ3n) is 5.28. The van der Waals surface area contributed by atoms with Gasteiger partial charge in [0.05, 0.1) is 23.0 Å². The highest BCUT2D eigenvalue weighted by atomic mass is 35.5. The molecule has 2 heterocycles. The summed E-state index contributed by atoms with van der Waals surface area (Å²) in [6, 6.07) is 20.1. The summed E-state index contributed by atoms with van der Waals surface area (Å²) < 4.78 is 7.20. The summed E-state index contributed by atoms with van der Waals surface area (Å²) in [4.78, 5) is 29.2. The largest absolute Gasteiger partial charge is 0.484 e. The summed E-state index contributed by atoms with van der Waals surface area (Å²) in [5, 5.41) is 7.43. The second kappa shape index (κ2) is 10.8. The quantitative estimate of drug-likeness (QED) is 0.284. The molecule has 0 saturated carbocycles. The summed E-state index contributed by atoms with van der Waals surface area (Å²) in [5.41, 5.74) is 5.85. The van der Waals surface area contributed by atoms with Gasteiger partial charge in [0.15, 0.2) is 6.61 Å². The Balaban J connectivity index is 1.29. The molecule has 1 atom stereocenters. The lowest BCUT2D eigenvalue weighted by atomic mass is 10.1. The average molecular weight is 490 g/mol. The van der Waals surface area contributed by atoms with Gasteiger partial charge in [-0.25, -0.2) is 10.4 Å². The van der Waals surface area contributed by atoms with Gasteiger partial charge in [-0.15, -0.1) is 0 Å². The van der Waals surface area contributed by atoms with Crippen molar-refractivity contribution in [1.82, 2.24) is 20.1 Å². The van der Waals surface area contributed by atoms with E-state index in [4.69, 9.17) is 16.3 Å². The highest BCUT2D eigenvalue weighted by Gasteiger charge is 2.16. The second-order valence-corrected chi connectivity index (χ2v) is 8.31. The maximum Gasteiger partial charge on any atom is 0.290 e. The van der Waals surface area contributed by atoms with Crippen molar-refractivity contribution in [3.63, 3.8) is 0 Å². The number of fused-ring (bicyclic) bond motifs is 1. The topological polar surface area (TPSA) is 97.1 Å². The number of benzene rings is 2. The third kappa shape index (κ3) is 6.04. The Bertz CT molecular complexity index is 1370. The van der Waals surface area contributed by atoms with E-state index >= 15 is 0 Å². The molecule has 4 aromatic rings. The zero-order valence-electron chi connectivity index (χ0n) is 19.2. The third-order valence-corrected chi connectivity index (χ3v) is 5.50. The fourth-order valence-electron chi connectivity index (χ4n) is 3.54. The van der Waals surface area contributed by atoms with Crippen molar-refractivity contribution in [3.8, 4) is 5.75 Å². The molecule has 35 heavy (non-hydrogen) atoms. The smallest absolute Gasteiger partial charge is 0.290 e. The maximum absolute atomic E-state index is 12.6. The molecule has 0 bridgehead atoms. The van der Waals surface area contributed by atoms with Crippen LogP contribution in [-0.4, -0.2) is 34.0 Å². The number of amides is 2. The number of nitrogens with zero attached hydrogens (tertiary/aromatic N) is 3. The van der Waals surface area contributed by atoms with Crippen LogP contribution in [0.2, 0.25) is 5.02 Å². The van der Waals surface area contributed by atoms with Crippen LogP contribution in [0.25, 0.3) is 5.65 Å². The van der Waals surface area contributed by atoms with Crippen molar-refractivity contribution < 1.29 is 14.3 Å². The highest BCUT2D eigenvalue weighted by molar-refractivity contribution is 6.30. The SMILES string of the molecule is Cc1nc2ccc(Cl)cn2c1C(=O)N/N=C\c1ccc(OCC(=O)N[C@H](C)c2ccccc2)cc1. The summed E-state index contributed by atoms with van der Waals surface area (Å²) in [7, 11) is 0. The molecule has 0 fully saturated rings. The van der Waals surface area contributed by atoms with E-state index in [1.54, 1.807) is 53.9 Å². The first kappa shape index (κ1) is 24.0. The van der Waals surface area contributed by atoms with Crippen molar-refractivity contribution in [2.45, 2.75) is 19.9 Å². The molecule has 2 amide bonds. The van der Waals surface area contributed by atoms with Crippen LogP contribution in [0.5, 0.6) is 5.75 Å². The molecule has 0 spiro atoms. The summed E-state index contributed by atoms with van der Waals surface area (Å²) in [5.74, 6) is -0.0603. The normalized spacial score (nSPS) is 12.0. The molecule has 178 valence electrons. The van der Waals surface area contributed by atoms with Gasteiger partial charge in [-0.1, -0.05) is 41.9 Å². The molecule has 0 unspecified atom stereocenters. The van der Waals surface area contributed by atoms with Gasteiger partial charge in [0.2, 0.25) is 0 Å². The Morgan fingerprint density at radius 1 is 1.11 bits per heavy atom. The van der Waals surface area contributed by atoms with E-state index < -0.39 is 5.91 Å². The number of aryl methyl sites for hydroxylation is 1. The Kier molecular flexibility index (Phi) is 7.42. The van der Waals surface area contributed by atoms with E-state index in [-0.39, 0.29) is 18.6 Å². The number of carbonyl (C=O) groups is 2. The van der Waals surface area contributed by atoms with E-state index in [9.17, 15) is 9.59 Å². The molecule has 8 nitrogen and oxygen atoms in total. The number of carbonyl (C=O) groups excluding carboxylic acids is 2. The van der Waals surface area contributed by atoms with Gasteiger partial charge >= 0.3 is 0 Å². The van der Waals surface area contributed by atoms with Crippen LogP contribution >= 0.6 is 11.6 Å². The molecular formula is C26H24ClN5O3. The van der Waals surface area contributed by atoms with E-state index in [0.717, 1.165) is 11.1 Å². The lowest BCUT2D eigenvalue weighted by Crippen LogP contribution is -2.31. The zero-order chi connectivity index (χ0) is 24.8. The Morgan fingerprint density at radius 3 is 2.60 bits per heavy atom. The van der Waals surface area contributed by atoms with Crippen molar-refractivity contribution in [2.24, 2.45) is 5.10 Å². The number of hydrazone groups is 1. The van der Waals surface area contributed by atoms with Crippen molar-refractivity contribution in [2.75, 3.05) is 6.61 Å². The summed E-state index contributed by atoms with van der Waals surface area (Å²) in [6.07, 6.45) is 3.15. The molecule has 2 aromatic heterocycles. The second-order valence-electron chi connectivity index (χ2n) is 7.88. The van der Waals surface area contributed by atoms with Crippen LogP contribution in [0.1, 0.15) is 40.3 Å². The fraction of sp³-hybridized carbons (Fsp3) is 0.154. The maximum atomic E-state index is 12.6. The number of halogens is 1. The summed E-state index contributed by atoms with van der Waals surface area (Å²) >= 11 is 6.05. The number of nitrogens with one attached hydrogen (secondary N) is 2.